The van der Waals surface area contributed by atoms with Gasteiger partial charge in [-0.1, -0.05) is 27.7 Å². The summed E-state index contributed by atoms with van der Waals surface area (Å²) in [6.07, 6.45) is 1.83. The molecule has 0 radical (unpaired) electrons. The molecule has 0 spiro atoms. The first-order valence-electron chi connectivity index (χ1n) is 8.50. The Morgan fingerprint density at radius 1 is 1.30 bits per heavy atom. The molecule has 0 aliphatic carbocycles. The topological polar surface area (TPSA) is 70.2 Å². The second kappa shape index (κ2) is 6.54. The van der Waals surface area contributed by atoms with Crippen molar-refractivity contribution < 1.29 is 9.59 Å². The number of thioether (sulfide) groups is 1. The molecule has 2 aliphatic heterocycles. The second-order valence-electron chi connectivity index (χ2n) is 8.68. The summed E-state index contributed by atoms with van der Waals surface area (Å²) in [6.45, 7) is 12.5. The number of carbonyl (C=O) groups excluding carboxylic acids is 2. The first-order valence-corrected chi connectivity index (χ1v) is 9.55. The van der Waals surface area contributed by atoms with Crippen LogP contribution in [0, 0.1) is 10.8 Å². The van der Waals surface area contributed by atoms with Crippen molar-refractivity contribution in [2.24, 2.45) is 10.8 Å². The van der Waals surface area contributed by atoms with Crippen LogP contribution in [0.1, 0.15) is 54.4 Å². The van der Waals surface area contributed by atoms with E-state index in [4.69, 9.17) is 0 Å². The lowest BCUT2D eigenvalue weighted by Crippen LogP contribution is -2.44. The van der Waals surface area contributed by atoms with Crippen molar-refractivity contribution in [3.63, 3.8) is 0 Å². The monoisotopic (exact) mass is 341 g/mol. The van der Waals surface area contributed by atoms with E-state index in [-0.39, 0.29) is 35.5 Å². The molecule has 0 aromatic rings. The third-order valence-corrected chi connectivity index (χ3v) is 6.09. The van der Waals surface area contributed by atoms with Gasteiger partial charge in [-0.05, 0) is 32.1 Å². The number of carbonyl (C=O) groups is 2. The molecule has 6 heteroatoms. The van der Waals surface area contributed by atoms with Crippen LogP contribution >= 0.6 is 11.8 Å². The smallest absolute Gasteiger partial charge is 0.315 e. The van der Waals surface area contributed by atoms with Gasteiger partial charge in [-0.25, -0.2) is 4.79 Å². The van der Waals surface area contributed by atoms with Gasteiger partial charge in [0.25, 0.3) is 0 Å². The molecule has 2 saturated heterocycles. The van der Waals surface area contributed by atoms with E-state index in [0.29, 0.717) is 5.25 Å². The number of hydrogen-bond acceptors (Lipinski definition) is 3. The molecule has 5 nitrogen and oxygen atoms in total. The van der Waals surface area contributed by atoms with E-state index in [1.54, 1.807) is 0 Å². The summed E-state index contributed by atoms with van der Waals surface area (Å²) in [5, 5.41) is 9.48. The number of hydrogen-bond donors (Lipinski definition) is 3. The van der Waals surface area contributed by atoms with Crippen LogP contribution < -0.4 is 16.0 Å². The van der Waals surface area contributed by atoms with Gasteiger partial charge in [0.05, 0.1) is 12.1 Å². The van der Waals surface area contributed by atoms with E-state index in [1.807, 2.05) is 39.5 Å². The molecule has 0 aromatic carbocycles. The first-order chi connectivity index (χ1) is 10.5. The minimum Gasteiger partial charge on any atom is -0.353 e. The summed E-state index contributed by atoms with van der Waals surface area (Å²) in [5.41, 5.74) is -0.356. The lowest BCUT2D eigenvalue weighted by Gasteiger charge is -2.36. The van der Waals surface area contributed by atoms with Crippen LogP contribution in [-0.4, -0.2) is 41.1 Å². The molecule has 23 heavy (non-hydrogen) atoms. The average molecular weight is 342 g/mol. The second-order valence-corrected chi connectivity index (χ2v) is 9.95. The molecule has 2 heterocycles. The number of urea groups is 1. The van der Waals surface area contributed by atoms with E-state index in [2.05, 4.69) is 29.8 Å². The van der Waals surface area contributed by atoms with E-state index < -0.39 is 5.41 Å². The molecule has 3 N–H and O–H groups in total. The fraction of sp³-hybridized carbons (Fsp3) is 0.882. The third kappa shape index (κ3) is 4.55. The molecular formula is C17H31N3O2S. The van der Waals surface area contributed by atoms with E-state index in [0.717, 1.165) is 18.6 Å². The summed E-state index contributed by atoms with van der Waals surface area (Å²) in [6, 6.07) is 0.598. The van der Waals surface area contributed by atoms with Crippen LogP contribution in [0.2, 0.25) is 0 Å². The minimum absolute atomic E-state index is 0.0394. The largest absolute Gasteiger partial charge is 0.353 e. The maximum Gasteiger partial charge on any atom is 0.315 e. The third-order valence-electron chi connectivity index (χ3n) is 4.65. The summed E-state index contributed by atoms with van der Waals surface area (Å²) >= 11 is 1.93. The van der Waals surface area contributed by atoms with Crippen molar-refractivity contribution in [2.75, 3.05) is 5.75 Å². The van der Waals surface area contributed by atoms with Gasteiger partial charge in [-0.15, -0.1) is 0 Å². The van der Waals surface area contributed by atoms with Crippen LogP contribution in [0.5, 0.6) is 0 Å². The Morgan fingerprint density at radius 3 is 2.57 bits per heavy atom. The lowest BCUT2D eigenvalue weighted by atomic mass is 9.71. The van der Waals surface area contributed by atoms with Crippen molar-refractivity contribution in [3.05, 3.63) is 0 Å². The Kier molecular flexibility index (Phi) is 5.24. The maximum atomic E-state index is 12.4. The molecule has 132 valence electrons. The normalized spacial score (nSPS) is 27.6. The standard InChI is InChI=1S/C17H31N3O2S/c1-10(2)18-14(21)17(5,6)9-16(3,4)7-12-13-11(8-23-12)19-15(22)20-13/h10-13H,7-9H2,1-6H3,(H,18,21)(H2,19,20,22). The molecule has 3 unspecified atom stereocenters. The highest BCUT2D eigenvalue weighted by Gasteiger charge is 2.46. The highest BCUT2D eigenvalue weighted by atomic mass is 32.2. The van der Waals surface area contributed by atoms with Gasteiger partial charge >= 0.3 is 6.03 Å². The first kappa shape index (κ1) is 18.4. The Labute approximate surface area is 144 Å². The maximum absolute atomic E-state index is 12.4. The fourth-order valence-electron chi connectivity index (χ4n) is 3.92. The van der Waals surface area contributed by atoms with Crippen molar-refractivity contribution in [1.29, 1.82) is 0 Å². The zero-order valence-corrected chi connectivity index (χ0v) is 16.0. The molecule has 0 bridgehead atoms. The number of rotatable bonds is 6. The van der Waals surface area contributed by atoms with Crippen molar-refractivity contribution in [2.45, 2.75) is 77.8 Å². The van der Waals surface area contributed by atoms with Crippen molar-refractivity contribution in [1.82, 2.24) is 16.0 Å². The lowest BCUT2D eigenvalue weighted by molar-refractivity contribution is -0.131. The Balaban J connectivity index is 1.96. The van der Waals surface area contributed by atoms with Gasteiger partial charge < -0.3 is 16.0 Å². The van der Waals surface area contributed by atoms with E-state index >= 15 is 0 Å². The number of nitrogens with one attached hydrogen (secondary N) is 3. The zero-order valence-electron chi connectivity index (χ0n) is 15.2. The number of fused-ring (bicyclic) bond motifs is 1. The highest BCUT2D eigenvalue weighted by Crippen LogP contribution is 2.43. The van der Waals surface area contributed by atoms with Gasteiger partial charge in [0, 0.05) is 22.5 Å². The summed E-state index contributed by atoms with van der Waals surface area (Å²) in [4.78, 5) is 23.9. The summed E-state index contributed by atoms with van der Waals surface area (Å²) in [5.74, 6) is 1.09. The molecular weight excluding hydrogens is 310 g/mol. The van der Waals surface area contributed by atoms with Gasteiger partial charge in [0.2, 0.25) is 5.91 Å². The summed E-state index contributed by atoms with van der Waals surface area (Å²) in [7, 11) is 0. The van der Waals surface area contributed by atoms with E-state index in [9.17, 15) is 9.59 Å². The molecule has 0 saturated carbocycles. The van der Waals surface area contributed by atoms with Crippen LogP contribution in [0.4, 0.5) is 4.79 Å². The van der Waals surface area contributed by atoms with Crippen molar-refractivity contribution >= 4 is 23.7 Å². The molecule has 2 rings (SSSR count). The molecule has 3 amide bonds. The molecule has 2 fully saturated rings. The van der Waals surface area contributed by atoms with Crippen LogP contribution in [0.3, 0.4) is 0 Å². The number of amides is 3. The van der Waals surface area contributed by atoms with Gasteiger partial charge in [-0.2, -0.15) is 11.8 Å². The Hall–Kier alpha value is -0.910. The van der Waals surface area contributed by atoms with Gasteiger partial charge in [0.1, 0.15) is 0 Å². The Bertz CT molecular complexity index is 476. The van der Waals surface area contributed by atoms with Crippen LogP contribution in [-0.2, 0) is 4.79 Å². The quantitative estimate of drug-likeness (QED) is 0.650. The molecule has 2 aliphatic rings. The predicted octanol–water partition coefficient (Wildman–Crippen LogP) is 2.51. The zero-order chi connectivity index (χ0) is 17.4. The molecule has 3 atom stereocenters. The van der Waals surface area contributed by atoms with E-state index in [1.165, 1.54) is 0 Å². The Morgan fingerprint density at radius 2 is 1.96 bits per heavy atom. The van der Waals surface area contributed by atoms with Crippen molar-refractivity contribution in [3.8, 4) is 0 Å². The van der Waals surface area contributed by atoms with Crippen LogP contribution in [0.15, 0.2) is 0 Å². The van der Waals surface area contributed by atoms with Crippen LogP contribution in [0.25, 0.3) is 0 Å². The fourth-order valence-corrected chi connectivity index (χ4v) is 5.70. The minimum atomic E-state index is -0.395. The predicted molar refractivity (Wildman–Crippen MR) is 95.6 cm³/mol. The SMILES string of the molecule is CC(C)NC(=O)C(C)(C)CC(C)(C)CC1SCC2NC(=O)NC21. The summed E-state index contributed by atoms with van der Waals surface area (Å²) < 4.78 is 0. The average Bonchev–Trinajstić information content (AvgIpc) is 2.87. The van der Waals surface area contributed by atoms with Gasteiger partial charge in [0.15, 0.2) is 0 Å². The van der Waals surface area contributed by atoms with Gasteiger partial charge in [-0.3, -0.25) is 4.79 Å². The molecule has 0 aromatic heterocycles. The highest BCUT2D eigenvalue weighted by molar-refractivity contribution is 8.00.